The summed E-state index contributed by atoms with van der Waals surface area (Å²) in [6, 6.07) is 6.50. The van der Waals surface area contributed by atoms with E-state index < -0.39 is 10.0 Å². The molecule has 1 aliphatic heterocycles. The van der Waals surface area contributed by atoms with Gasteiger partial charge in [-0.05, 0) is 25.0 Å². The molecule has 0 bridgehead atoms. The first-order valence-electron chi connectivity index (χ1n) is 6.42. The summed E-state index contributed by atoms with van der Waals surface area (Å²) in [6.45, 7) is 1.17. The van der Waals surface area contributed by atoms with Gasteiger partial charge >= 0.3 is 0 Å². The van der Waals surface area contributed by atoms with Gasteiger partial charge < -0.3 is 10.1 Å². The van der Waals surface area contributed by atoms with E-state index in [1.54, 1.807) is 24.3 Å². The van der Waals surface area contributed by atoms with Crippen molar-refractivity contribution in [3.8, 4) is 0 Å². The number of benzene rings is 1. The molecule has 1 amide bonds. The van der Waals surface area contributed by atoms with Crippen LogP contribution in [0.15, 0.2) is 24.3 Å². The lowest BCUT2D eigenvalue weighted by Gasteiger charge is -2.13. The number of hydrogen-bond acceptors (Lipinski definition) is 4. The van der Waals surface area contributed by atoms with E-state index in [1.807, 2.05) is 0 Å². The zero-order valence-electron chi connectivity index (χ0n) is 11.3. The number of carbonyl (C=O) groups is 1. The third kappa shape index (κ3) is 4.21. The number of para-hydroxylation sites is 1. The summed E-state index contributed by atoms with van der Waals surface area (Å²) in [5.41, 5.74) is 0.579. The van der Waals surface area contributed by atoms with Crippen LogP contribution in [0.5, 0.6) is 0 Å². The predicted octanol–water partition coefficient (Wildman–Crippen LogP) is 0.967. The van der Waals surface area contributed by atoms with E-state index in [4.69, 9.17) is 4.74 Å². The van der Waals surface area contributed by atoms with Gasteiger partial charge in [-0.25, -0.2) is 8.42 Å². The number of anilines is 1. The molecule has 6 nitrogen and oxygen atoms in total. The predicted molar refractivity (Wildman–Crippen MR) is 76.2 cm³/mol. The van der Waals surface area contributed by atoms with Gasteiger partial charge in [-0.15, -0.1) is 0 Å². The molecule has 1 aromatic carbocycles. The normalized spacial score (nSPS) is 18.8. The molecule has 1 atom stereocenters. The molecular weight excluding hydrogens is 280 g/mol. The second-order valence-corrected chi connectivity index (χ2v) is 6.51. The lowest BCUT2D eigenvalue weighted by atomic mass is 10.1. The third-order valence-electron chi connectivity index (χ3n) is 2.98. The molecule has 0 spiro atoms. The molecule has 1 heterocycles. The third-order valence-corrected chi connectivity index (χ3v) is 3.57. The Morgan fingerprint density at radius 3 is 2.80 bits per heavy atom. The van der Waals surface area contributed by atoms with Gasteiger partial charge in [-0.2, -0.15) is 0 Å². The first-order chi connectivity index (χ1) is 9.46. The highest BCUT2D eigenvalue weighted by atomic mass is 32.2. The molecule has 0 aliphatic carbocycles. The highest BCUT2D eigenvalue weighted by Crippen LogP contribution is 2.16. The van der Waals surface area contributed by atoms with E-state index >= 15 is 0 Å². The number of nitrogens with one attached hydrogen (secondary N) is 2. The largest absolute Gasteiger partial charge is 0.376 e. The molecule has 0 radical (unpaired) electrons. The van der Waals surface area contributed by atoms with E-state index in [2.05, 4.69) is 10.0 Å². The van der Waals surface area contributed by atoms with Crippen LogP contribution < -0.4 is 10.0 Å². The maximum absolute atomic E-state index is 12.1. The lowest BCUT2D eigenvalue weighted by molar-refractivity contribution is 0.0858. The summed E-state index contributed by atoms with van der Waals surface area (Å²) in [5.74, 6) is -0.313. The Hall–Kier alpha value is -1.60. The Morgan fingerprint density at radius 2 is 2.15 bits per heavy atom. The second kappa shape index (κ2) is 6.23. The van der Waals surface area contributed by atoms with Crippen molar-refractivity contribution in [2.24, 2.45) is 0 Å². The highest BCUT2D eigenvalue weighted by Gasteiger charge is 2.18. The second-order valence-electron chi connectivity index (χ2n) is 4.76. The molecule has 1 saturated heterocycles. The lowest BCUT2D eigenvalue weighted by Crippen LogP contribution is -2.32. The molecular formula is C13H18N2O4S. The first kappa shape index (κ1) is 14.8. The van der Waals surface area contributed by atoms with Gasteiger partial charge in [-0.3, -0.25) is 9.52 Å². The molecule has 2 N–H and O–H groups in total. The number of hydrogen-bond donors (Lipinski definition) is 2. The molecule has 1 aromatic rings. The summed E-state index contributed by atoms with van der Waals surface area (Å²) in [6.07, 6.45) is 3.04. The van der Waals surface area contributed by atoms with Crippen LogP contribution in [0, 0.1) is 0 Å². The summed E-state index contributed by atoms with van der Waals surface area (Å²) < 4.78 is 30.3. The van der Waals surface area contributed by atoms with Crippen molar-refractivity contribution in [2.45, 2.75) is 18.9 Å². The average Bonchev–Trinajstić information content (AvgIpc) is 2.88. The van der Waals surface area contributed by atoms with Crippen molar-refractivity contribution in [3.05, 3.63) is 29.8 Å². The van der Waals surface area contributed by atoms with Crippen molar-refractivity contribution in [2.75, 3.05) is 24.1 Å². The van der Waals surface area contributed by atoms with E-state index in [1.165, 1.54) is 0 Å². The Kier molecular flexibility index (Phi) is 4.61. The Bertz CT molecular complexity index is 580. The monoisotopic (exact) mass is 298 g/mol. The molecule has 0 saturated carbocycles. The molecule has 110 valence electrons. The number of rotatable bonds is 5. The standard InChI is InChI=1S/C13H18N2O4S/c1-20(17,18)15-12-7-3-2-6-11(12)13(16)14-9-10-5-4-8-19-10/h2-3,6-7,10,15H,4-5,8-9H2,1H3,(H,14,16). The van der Waals surface area contributed by atoms with Gasteiger partial charge in [0.2, 0.25) is 10.0 Å². The number of ether oxygens (including phenoxy) is 1. The van der Waals surface area contributed by atoms with E-state index in [-0.39, 0.29) is 17.7 Å². The van der Waals surface area contributed by atoms with Gasteiger partial charge in [0.1, 0.15) is 0 Å². The molecule has 1 fully saturated rings. The Morgan fingerprint density at radius 1 is 1.40 bits per heavy atom. The maximum Gasteiger partial charge on any atom is 0.253 e. The van der Waals surface area contributed by atoms with Crippen LogP contribution in [-0.4, -0.2) is 39.8 Å². The van der Waals surface area contributed by atoms with Gasteiger partial charge in [0, 0.05) is 13.2 Å². The van der Waals surface area contributed by atoms with E-state index in [0.717, 1.165) is 25.7 Å². The Labute approximate surface area is 118 Å². The summed E-state index contributed by atoms with van der Waals surface area (Å²) >= 11 is 0. The van der Waals surface area contributed by atoms with Gasteiger partial charge in [0.25, 0.3) is 5.91 Å². The van der Waals surface area contributed by atoms with Crippen LogP contribution >= 0.6 is 0 Å². The molecule has 1 aliphatic rings. The van der Waals surface area contributed by atoms with Gasteiger partial charge in [-0.1, -0.05) is 12.1 Å². The average molecular weight is 298 g/mol. The fourth-order valence-corrected chi connectivity index (χ4v) is 2.65. The van der Waals surface area contributed by atoms with Gasteiger partial charge in [0.15, 0.2) is 0 Å². The van der Waals surface area contributed by atoms with Crippen LogP contribution in [0.1, 0.15) is 23.2 Å². The quantitative estimate of drug-likeness (QED) is 0.848. The first-order valence-corrected chi connectivity index (χ1v) is 8.31. The van der Waals surface area contributed by atoms with E-state index in [0.29, 0.717) is 12.1 Å². The van der Waals surface area contributed by atoms with Crippen molar-refractivity contribution in [3.63, 3.8) is 0 Å². The van der Waals surface area contributed by atoms with Crippen LogP contribution in [-0.2, 0) is 14.8 Å². The van der Waals surface area contributed by atoms with Crippen molar-refractivity contribution in [1.29, 1.82) is 0 Å². The minimum absolute atomic E-state index is 0.0500. The zero-order valence-corrected chi connectivity index (χ0v) is 12.1. The fourth-order valence-electron chi connectivity index (χ4n) is 2.08. The SMILES string of the molecule is CS(=O)(=O)Nc1ccccc1C(=O)NCC1CCCO1. The highest BCUT2D eigenvalue weighted by molar-refractivity contribution is 7.92. The van der Waals surface area contributed by atoms with Crippen molar-refractivity contribution >= 4 is 21.6 Å². The molecule has 20 heavy (non-hydrogen) atoms. The summed E-state index contributed by atoms with van der Waals surface area (Å²) in [7, 11) is -3.42. The summed E-state index contributed by atoms with van der Waals surface area (Å²) in [4.78, 5) is 12.1. The fraction of sp³-hybridized carbons (Fsp3) is 0.462. The van der Waals surface area contributed by atoms with Crippen LogP contribution in [0.25, 0.3) is 0 Å². The topological polar surface area (TPSA) is 84.5 Å². The molecule has 2 rings (SSSR count). The van der Waals surface area contributed by atoms with Crippen LogP contribution in [0.4, 0.5) is 5.69 Å². The summed E-state index contributed by atoms with van der Waals surface area (Å²) in [5, 5.41) is 2.77. The molecule has 0 aromatic heterocycles. The van der Waals surface area contributed by atoms with Crippen molar-refractivity contribution in [1.82, 2.24) is 5.32 Å². The minimum atomic E-state index is -3.42. The van der Waals surface area contributed by atoms with Crippen LogP contribution in [0.3, 0.4) is 0 Å². The maximum atomic E-state index is 12.1. The van der Waals surface area contributed by atoms with Crippen molar-refractivity contribution < 1.29 is 17.9 Å². The van der Waals surface area contributed by atoms with Crippen LogP contribution in [0.2, 0.25) is 0 Å². The minimum Gasteiger partial charge on any atom is -0.376 e. The van der Waals surface area contributed by atoms with Gasteiger partial charge in [0.05, 0.1) is 23.6 Å². The molecule has 1 unspecified atom stereocenters. The Balaban J connectivity index is 2.05. The number of amides is 1. The molecule has 7 heteroatoms. The van der Waals surface area contributed by atoms with E-state index in [9.17, 15) is 13.2 Å². The smallest absolute Gasteiger partial charge is 0.253 e. The number of carbonyl (C=O) groups excluding carboxylic acids is 1. The number of sulfonamides is 1. The zero-order chi connectivity index (χ0) is 14.6.